The highest BCUT2D eigenvalue weighted by molar-refractivity contribution is 9.11. The van der Waals surface area contributed by atoms with Crippen molar-refractivity contribution in [3.8, 4) is 100 Å². The molecular formula is C96H70Br4N2. The second-order valence-electron chi connectivity index (χ2n) is 30.6. The summed E-state index contributed by atoms with van der Waals surface area (Å²) >= 11 is 15.0. The van der Waals surface area contributed by atoms with Crippen LogP contribution in [-0.4, -0.2) is 9.13 Å². The zero-order valence-corrected chi connectivity index (χ0v) is 64.3. The van der Waals surface area contributed by atoms with Crippen molar-refractivity contribution in [1.29, 1.82) is 0 Å². The lowest BCUT2D eigenvalue weighted by atomic mass is 9.81. The molecule has 4 aliphatic rings. The van der Waals surface area contributed by atoms with E-state index < -0.39 is 0 Å². The molecule has 2 heterocycles. The molecule has 492 valence electrons. The fourth-order valence-corrected chi connectivity index (χ4v) is 20.7. The molecule has 0 N–H and O–H groups in total. The van der Waals surface area contributed by atoms with Gasteiger partial charge in [-0.1, -0.05) is 289 Å². The van der Waals surface area contributed by atoms with E-state index in [2.05, 4.69) is 407 Å². The second kappa shape index (κ2) is 23.1. The lowest BCUT2D eigenvalue weighted by Crippen LogP contribution is -2.14. The van der Waals surface area contributed by atoms with E-state index in [4.69, 9.17) is 0 Å². The van der Waals surface area contributed by atoms with Gasteiger partial charge >= 0.3 is 0 Å². The number of aromatic nitrogens is 2. The summed E-state index contributed by atoms with van der Waals surface area (Å²) in [6, 6.07) is 105. The number of halogens is 4. The largest absolute Gasteiger partial charge is 0.309 e. The summed E-state index contributed by atoms with van der Waals surface area (Å²) in [5.74, 6) is 0. The van der Waals surface area contributed by atoms with Crippen LogP contribution in [0.2, 0.25) is 0 Å². The zero-order chi connectivity index (χ0) is 69.6. The van der Waals surface area contributed by atoms with Crippen molar-refractivity contribution in [3.63, 3.8) is 0 Å². The molecular weight excluding hydrogens is 1500 g/mol. The van der Waals surface area contributed by atoms with Gasteiger partial charge in [0.2, 0.25) is 0 Å². The summed E-state index contributed by atoms with van der Waals surface area (Å²) in [4.78, 5) is 0. The highest BCUT2D eigenvalue weighted by atomic mass is 79.9. The Bertz CT molecular complexity index is 5570. The monoisotopic (exact) mass is 1570 g/mol. The topological polar surface area (TPSA) is 9.86 Å². The Kier molecular flexibility index (Phi) is 14.4. The molecule has 0 unspecified atom stereocenters. The van der Waals surface area contributed by atoms with Gasteiger partial charge in [-0.25, -0.2) is 0 Å². The normalized spacial score (nSPS) is 14.8. The molecule has 0 amide bonds. The van der Waals surface area contributed by atoms with Crippen molar-refractivity contribution in [3.05, 3.63) is 341 Å². The van der Waals surface area contributed by atoms with Gasteiger partial charge in [0, 0.05) is 72.5 Å². The van der Waals surface area contributed by atoms with Gasteiger partial charge in [-0.05, 0) is 243 Å². The minimum absolute atomic E-state index is 0.0448. The lowest BCUT2D eigenvalue weighted by molar-refractivity contribution is 0.660. The molecule has 16 aromatic rings. The van der Waals surface area contributed by atoms with Crippen molar-refractivity contribution in [2.75, 3.05) is 0 Å². The van der Waals surface area contributed by atoms with E-state index >= 15 is 0 Å². The average Bonchev–Trinajstić information content (AvgIpc) is 1.59. The number of hydrogen-bond acceptors (Lipinski definition) is 0. The van der Waals surface area contributed by atoms with Gasteiger partial charge in [-0.15, -0.1) is 0 Å². The van der Waals surface area contributed by atoms with Crippen LogP contribution in [0, 0.1) is 0 Å². The molecule has 14 aromatic carbocycles. The molecule has 0 spiro atoms. The van der Waals surface area contributed by atoms with Gasteiger partial charge in [0.05, 0.1) is 22.1 Å². The van der Waals surface area contributed by atoms with Gasteiger partial charge in [-0.3, -0.25) is 0 Å². The summed E-state index contributed by atoms with van der Waals surface area (Å²) in [7, 11) is 0. The van der Waals surface area contributed by atoms with E-state index in [0.29, 0.717) is 0 Å². The van der Waals surface area contributed by atoms with Crippen LogP contribution in [-0.2, 0) is 21.7 Å². The first kappa shape index (κ1) is 63.5. The first-order valence-corrected chi connectivity index (χ1v) is 38.4. The average molecular weight is 1570 g/mol. The minimum Gasteiger partial charge on any atom is -0.309 e. The Morgan fingerprint density at radius 3 is 0.627 bits per heavy atom. The van der Waals surface area contributed by atoms with Gasteiger partial charge in [0.25, 0.3) is 0 Å². The fourth-order valence-electron chi connectivity index (χ4n) is 18.2. The van der Waals surface area contributed by atoms with Crippen molar-refractivity contribution < 1.29 is 0 Å². The minimum atomic E-state index is -0.0448. The predicted octanol–water partition coefficient (Wildman–Crippen LogP) is 28.5. The van der Waals surface area contributed by atoms with E-state index in [-0.39, 0.29) is 21.7 Å². The molecule has 0 saturated carbocycles. The van der Waals surface area contributed by atoms with E-state index in [1.807, 2.05) is 0 Å². The second-order valence-corrected chi connectivity index (χ2v) is 34.2. The third kappa shape index (κ3) is 9.65. The van der Waals surface area contributed by atoms with Crippen LogP contribution in [0.3, 0.4) is 0 Å². The van der Waals surface area contributed by atoms with Crippen LogP contribution in [0.15, 0.2) is 297 Å². The molecule has 4 aliphatic carbocycles. The summed E-state index contributed by atoms with van der Waals surface area (Å²) in [5.41, 5.74) is 38.8. The number of rotatable bonds is 6. The first-order chi connectivity index (χ1) is 49.2. The van der Waals surface area contributed by atoms with Crippen LogP contribution >= 0.6 is 63.7 Å². The quantitative estimate of drug-likeness (QED) is 0.157. The Labute approximate surface area is 629 Å². The molecule has 0 atom stereocenters. The molecule has 20 rings (SSSR count). The summed E-state index contributed by atoms with van der Waals surface area (Å²) < 4.78 is 8.96. The third-order valence-corrected chi connectivity index (χ3v) is 25.2. The summed E-state index contributed by atoms with van der Waals surface area (Å²) in [6.45, 7) is 18.8. The maximum Gasteiger partial charge on any atom is 0.0541 e. The summed E-state index contributed by atoms with van der Waals surface area (Å²) in [6.07, 6.45) is 0. The number of nitrogens with zero attached hydrogens (tertiary/aromatic N) is 2. The predicted molar refractivity (Wildman–Crippen MR) is 444 cm³/mol. The van der Waals surface area contributed by atoms with Crippen molar-refractivity contribution in [1.82, 2.24) is 9.13 Å². The van der Waals surface area contributed by atoms with E-state index in [1.165, 1.54) is 177 Å². The lowest BCUT2D eigenvalue weighted by Gasteiger charge is -2.22. The highest BCUT2D eigenvalue weighted by Gasteiger charge is 2.39. The Morgan fingerprint density at radius 2 is 0.392 bits per heavy atom. The van der Waals surface area contributed by atoms with Gasteiger partial charge in [0.15, 0.2) is 0 Å². The SMILES string of the molecule is CC1(C)c2ccccc2-c2ccc(-c3ccc4c(c3)c3cc(-c5ccc6c(c5)C(C)(C)c5ccccc5-6)ccc3n4-c3cc(Br)cc(Br)c3)cc21.CC1(C)c2ccccc2-c2ccc(-c3ccc4c(c3)c3cc(-c5ccc6c(c5)C(C)(C)c5ccccc5-6)ccc3n4-c3cc(Br)cc(Br)c3)cc21. The number of benzene rings is 14. The van der Waals surface area contributed by atoms with Crippen molar-refractivity contribution >= 4 is 107 Å². The van der Waals surface area contributed by atoms with Crippen LogP contribution in [0.4, 0.5) is 0 Å². The van der Waals surface area contributed by atoms with E-state index in [9.17, 15) is 0 Å². The maximum atomic E-state index is 3.76. The van der Waals surface area contributed by atoms with Gasteiger partial charge < -0.3 is 9.13 Å². The van der Waals surface area contributed by atoms with Crippen LogP contribution in [0.1, 0.15) is 99.9 Å². The first-order valence-electron chi connectivity index (χ1n) is 35.3. The molecule has 2 nitrogen and oxygen atoms in total. The Hall–Kier alpha value is -9.40. The van der Waals surface area contributed by atoms with E-state index in [0.717, 1.165) is 29.3 Å². The van der Waals surface area contributed by atoms with Crippen molar-refractivity contribution in [2.45, 2.75) is 77.0 Å². The molecule has 0 bridgehead atoms. The molecule has 2 aromatic heterocycles. The van der Waals surface area contributed by atoms with Crippen LogP contribution in [0.5, 0.6) is 0 Å². The zero-order valence-electron chi connectivity index (χ0n) is 58.0. The van der Waals surface area contributed by atoms with Crippen LogP contribution < -0.4 is 0 Å². The smallest absolute Gasteiger partial charge is 0.0541 e. The molecule has 102 heavy (non-hydrogen) atoms. The van der Waals surface area contributed by atoms with Gasteiger partial charge in [0.1, 0.15) is 0 Å². The Balaban J connectivity index is 0.000000141. The standard InChI is InChI=1S/2C48H35Br2N/c2*1-47(2)41-11-7-5-9-35(41)37-17-13-30(23-43(37)47)28-15-19-45-39(21-28)40-22-29(16-20-46(40)51(45)34-26-32(49)25-33(50)27-34)31-14-18-38-36-10-6-8-12-42(36)48(3,4)44(38)24-31/h2*5-27H,1-4H3. The van der Waals surface area contributed by atoms with Crippen LogP contribution in [0.25, 0.3) is 144 Å². The molecule has 0 aliphatic heterocycles. The molecule has 0 fully saturated rings. The van der Waals surface area contributed by atoms with E-state index in [1.54, 1.807) is 0 Å². The van der Waals surface area contributed by atoms with Crippen molar-refractivity contribution in [2.24, 2.45) is 0 Å². The number of fused-ring (bicyclic) bond motifs is 18. The summed E-state index contributed by atoms with van der Waals surface area (Å²) in [5, 5.41) is 4.99. The molecule has 0 radical (unpaired) electrons. The Morgan fingerprint density at radius 1 is 0.196 bits per heavy atom. The highest BCUT2D eigenvalue weighted by Crippen LogP contribution is 2.55. The molecule has 0 saturated heterocycles. The third-order valence-electron chi connectivity index (χ3n) is 23.4. The fraction of sp³-hybridized carbons (Fsp3) is 0.125. The van der Waals surface area contributed by atoms with Gasteiger partial charge in [-0.2, -0.15) is 0 Å². The maximum absolute atomic E-state index is 3.76. The number of hydrogen-bond donors (Lipinski definition) is 0. The molecule has 6 heteroatoms.